The van der Waals surface area contributed by atoms with Gasteiger partial charge in [-0.05, 0) is 94.2 Å². The summed E-state index contributed by atoms with van der Waals surface area (Å²) in [5.41, 5.74) is 0.621. The van der Waals surface area contributed by atoms with Crippen LogP contribution in [0.2, 0.25) is 0 Å². The second-order valence-electron chi connectivity index (χ2n) is 19.2. The molecule has 9 amide bonds. The van der Waals surface area contributed by atoms with Gasteiger partial charge in [-0.15, -0.1) is 0 Å². The van der Waals surface area contributed by atoms with Crippen molar-refractivity contribution in [3.05, 3.63) is 29.8 Å². The lowest BCUT2D eigenvalue weighted by molar-refractivity contribution is -0.151. The zero-order valence-corrected chi connectivity index (χ0v) is 40.1. The topological polar surface area (TPSA) is 255 Å². The smallest absolute Gasteiger partial charge is 0.246 e. The predicted octanol–water partition coefficient (Wildman–Crippen LogP) is -0.711. The van der Waals surface area contributed by atoms with E-state index < -0.39 is 125 Å². The van der Waals surface area contributed by atoms with Crippen LogP contribution in [-0.4, -0.2) is 187 Å². The molecule has 0 aliphatic carbocycles. The molecule has 6 fully saturated rings. The van der Waals surface area contributed by atoms with Crippen molar-refractivity contribution >= 4 is 64.0 Å². The quantitative estimate of drug-likeness (QED) is 0.228. The molecule has 6 aliphatic heterocycles. The first kappa shape index (κ1) is 50.3. The number of aromatic hydroxyl groups is 1. The van der Waals surface area contributed by atoms with Crippen molar-refractivity contribution in [2.45, 2.75) is 146 Å². The molecule has 21 heteroatoms. The number of hydrogen-bond acceptors (Lipinski definition) is 11. The van der Waals surface area contributed by atoms with Crippen molar-refractivity contribution in [2.75, 3.05) is 51.3 Å². The molecule has 6 heterocycles. The molecule has 68 heavy (non-hydrogen) atoms. The fraction of sp³-hybridized carbons (Fsp3) is 0.681. The molecule has 0 aromatic heterocycles. The molecule has 1 aromatic rings. The summed E-state index contributed by atoms with van der Waals surface area (Å²) in [6.45, 7) is 4.33. The minimum atomic E-state index is -1.36. The number of phenolic OH excluding ortho intramolecular Hbond substituents is 1. The molecule has 5 N–H and O–H groups in total. The standard InChI is InChI=1S/C47H67N9O11S/c1-4-28(2)39-43(62)48-27-38(58)52-20-7-12-35(52)45(64)56-24-9-14-37(56)47(66)54-22-6-11-34(54)42(61)50-32(26-29-15-17-30(57)18-16-29)44(63)55-23-8-13-36(55)46(65)53-21-5-10-33(53)41(60)49-31(40(59)51-39)19-25-68(3)67/h15-18,28,31-37,39,57H,4-14,19-27H2,1-3H3,(H,48,62)(H,49,60)(H,50,61)(H,51,59). The van der Waals surface area contributed by atoms with Gasteiger partial charge in [0.05, 0.1) is 6.54 Å². The summed E-state index contributed by atoms with van der Waals surface area (Å²) in [6.07, 6.45) is 5.99. The van der Waals surface area contributed by atoms with Gasteiger partial charge in [0.15, 0.2) is 0 Å². The number of fused-ring (bicyclic) bond motifs is 5. The second kappa shape index (κ2) is 22.2. The second-order valence-corrected chi connectivity index (χ2v) is 20.7. The Balaban J connectivity index is 1.21. The number of phenols is 1. The third-order valence-corrected chi connectivity index (χ3v) is 15.5. The number of nitrogens with zero attached hydrogens (tertiary/aromatic N) is 5. The van der Waals surface area contributed by atoms with Crippen LogP contribution in [-0.2, 0) is 60.4 Å². The number of benzene rings is 1. The van der Waals surface area contributed by atoms with E-state index in [1.165, 1.54) is 42.9 Å². The SMILES string of the molecule is CCC(C)C1NC(=O)C(CCS(C)=O)NC(=O)C2CCCN2C(=O)C2CCCN2C(=O)C(Cc2ccc(O)cc2)NC(=O)C2CCCN2C(=O)C2CCCN2C(=O)C2CCCN2C(=O)CNC1=O. The van der Waals surface area contributed by atoms with Gasteiger partial charge in [0.25, 0.3) is 0 Å². The molecule has 0 saturated carbocycles. The first-order valence-electron chi connectivity index (χ1n) is 24.4. The minimum absolute atomic E-state index is 0.00416. The highest BCUT2D eigenvalue weighted by molar-refractivity contribution is 7.84. The average molecular weight is 966 g/mol. The summed E-state index contributed by atoms with van der Waals surface area (Å²) in [4.78, 5) is 136. The van der Waals surface area contributed by atoms with Crippen LogP contribution in [0.4, 0.5) is 0 Å². The lowest BCUT2D eigenvalue weighted by atomic mass is 9.97. The Morgan fingerprint density at radius 2 is 1.03 bits per heavy atom. The molecule has 372 valence electrons. The van der Waals surface area contributed by atoms with E-state index in [0.717, 1.165) is 0 Å². The fourth-order valence-electron chi connectivity index (χ4n) is 10.8. The van der Waals surface area contributed by atoms with E-state index in [-0.39, 0.29) is 63.5 Å². The molecular weight excluding hydrogens is 899 g/mol. The average Bonchev–Trinajstić information content (AvgIpc) is 4.19. The summed E-state index contributed by atoms with van der Waals surface area (Å²) in [7, 11) is -1.36. The predicted molar refractivity (Wildman–Crippen MR) is 247 cm³/mol. The highest BCUT2D eigenvalue weighted by atomic mass is 32.2. The van der Waals surface area contributed by atoms with Gasteiger partial charge in [-0.1, -0.05) is 32.4 Å². The van der Waals surface area contributed by atoms with Crippen LogP contribution < -0.4 is 21.3 Å². The van der Waals surface area contributed by atoms with Gasteiger partial charge in [-0.25, -0.2) is 0 Å². The van der Waals surface area contributed by atoms with Crippen LogP contribution in [0.1, 0.15) is 96.5 Å². The fourth-order valence-corrected chi connectivity index (χ4v) is 11.3. The minimum Gasteiger partial charge on any atom is -0.508 e. The highest BCUT2D eigenvalue weighted by Gasteiger charge is 2.48. The number of nitrogens with one attached hydrogen (secondary N) is 4. The molecule has 0 bridgehead atoms. The zero-order chi connectivity index (χ0) is 48.8. The summed E-state index contributed by atoms with van der Waals surface area (Å²) in [5.74, 6) is -5.19. The first-order valence-corrected chi connectivity index (χ1v) is 26.1. The molecule has 6 aliphatic rings. The third kappa shape index (κ3) is 11.1. The van der Waals surface area contributed by atoms with Gasteiger partial charge in [0.1, 0.15) is 54.1 Å². The Morgan fingerprint density at radius 3 is 1.53 bits per heavy atom. The maximum absolute atomic E-state index is 14.8. The first-order chi connectivity index (χ1) is 32.6. The Hall–Kier alpha value is -5.60. The van der Waals surface area contributed by atoms with E-state index in [9.17, 15) is 52.5 Å². The molecule has 10 unspecified atom stereocenters. The lowest BCUT2D eigenvalue weighted by Gasteiger charge is -2.35. The summed E-state index contributed by atoms with van der Waals surface area (Å²) >= 11 is 0. The van der Waals surface area contributed by atoms with Gasteiger partial charge < -0.3 is 50.9 Å². The van der Waals surface area contributed by atoms with Crippen LogP contribution in [0.25, 0.3) is 0 Å². The van der Waals surface area contributed by atoms with E-state index in [2.05, 4.69) is 21.3 Å². The van der Waals surface area contributed by atoms with E-state index >= 15 is 0 Å². The molecule has 6 saturated heterocycles. The van der Waals surface area contributed by atoms with Crippen molar-refractivity contribution < 1.29 is 52.5 Å². The highest BCUT2D eigenvalue weighted by Crippen LogP contribution is 2.30. The summed E-state index contributed by atoms with van der Waals surface area (Å²) in [5, 5.41) is 21.1. The van der Waals surface area contributed by atoms with Crippen LogP contribution in [0.5, 0.6) is 5.75 Å². The van der Waals surface area contributed by atoms with Gasteiger partial charge in [-0.2, -0.15) is 0 Å². The Labute approximate surface area is 399 Å². The number of hydrogen-bond donors (Lipinski definition) is 5. The third-order valence-electron chi connectivity index (χ3n) is 14.7. The van der Waals surface area contributed by atoms with Crippen molar-refractivity contribution in [3.63, 3.8) is 0 Å². The molecule has 1 aromatic carbocycles. The maximum Gasteiger partial charge on any atom is 0.246 e. The molecule has 10 atom stereocenters. The van der Waals surface area contributed by atoms with E-state index in [0.29, 0.717) is 69.8 Å². The number of amides is 9. The molecule has 7 rings (SSSR count). The maximum atomic E-state index is 14.8. The molecular formula is C47H67N9O11S. The Kier molecular flexibility index (Phi) is 16.4. The number of carbonyl (C=O) groups is 9. The van der Waals surface area contributed by atoms with E-state index in [1.807, 2.05) is 6.92 Å². The Morgan fingerprint density at radius 1 is 0.588 bits per heavy atom. The van der Waals surface area contributed by atoms with Crippen molar-refractivity contribution in [1.82, 2.24) is 45.8 Å². The van der Waals surface area contributed by atoms with E-state index in [1.54, 1.807) is 19.1 Å². The van der Waals surface area contributed by atoms with Crippen LogP contribution >= 0.6 is 0 Å². The number of carbonyl (C=O) groups excluding carboxylic acids is 9. The monoisotopic (exact) mass is 965 g/mol. The van der Waals surface area contributed by atoms with Crippen LogP contribution in [0, 0.1) is 5.92 Å². The van der Waals surface area contributed by atoms with E-state index in [4.69, 9.17) is 0 Å². The van der Waals surface area contributed by atoms with Crippen molar-refractivity contribution in [2.24, 2.45) is 5.92 Å². The molecule has 0 spiro atoms. The largest absolute Gasteiger partial charge is 0.508 e. The van der Waals surface area contributed by atoms with Gasteiger partial charge in [0, 0.05) is 62.0 Å². The van der Waals surface area contributed by atoms with Crippen LogP contribution in [0.15, 0.2) is 24.3 Å². The summed E-state index contributed by atoms with van der Waals surface area (Å²) < 4.78 is 12.3. The lowest BCUT2D eigenvalue weighted by Crippen LogP contribution is -2.60. The zero-order valence-electron chi connectivity index (χ0n) is 39.3. The van der Waals surface area contributed by atoms with Gasteiger partial charge >= 0.3 is 0 Å². The number of rotatable bonds is 7. The molecule has 20 nitrogen and oxygen atoms in total. The van der Waals surface area contributed by atoms with Crippen LogP contribution in [0.3, 0.4) is 0 Å². The van der Waals surface area contributed by atoms with Crippen molar-refractivity contribution in [3.8, 4) is 5.75 Å². The Bertz CT molecular complexity index is 2140. The van der Waals surface area contributed by atoms with Gasteiger partial charge in [-0.3, -0.25) is 47.4 Å². The normalized spacial score (nSPS) is 30.5. The van der Waals surface area contributed by atoms with Gasteiger partial charge in [0.2, 0.25) is 53.2 Å². The summed E-state index contributed by atoms with van der Waals surface area (Å²) in [6, 6.07) is -2.03. The van der Waals surface area contributed by atoms with Crippen molar-refractivity contribution in [1.29, 1.82) is 0 Å². The molecule has 0 radical (unpaired) electrons.